The van der Waals surface area contributed by atoms with Gasteiger partial charge in [0.25, 0.3) is 0 Å². The van der Waals surface area contributed by atoms with Crippen molar-refractivity contribution in [1.29, 1.82) is 0 Å². The van der Waals surface area contributed by atoms with E-state index in [0.29, 0.717) is 18.4 Å². The molecule has 0 spiro atoms. The third-order valence-electron chi connectivity index (χ3n) is 3.57. The van der Waals surface area contributed by atoms with Crippen LogP contribution in [0.3, 0.4) is 0 Å². The monoisotopic (exact) mass is 275 g/mol. The Bertz CT molecular complexity index is 433. The highest BCUT2D eigenvalue weighted by Gasteiger charge is 2.17. The molecule has 0 aliphatic carbocycles. The number of rotatable bonds is 4. The van der Waals surface area contributed by atoms with E-state index in [4.69, 9.17) is 10.5 Å². The molecule has 2 N–H and O–H groups in total. The maximum atomic E-state index is 6.07. The SMILES string of the molecule is CC1CCCN(C(N)=NCC(C)Oc2ccccc2)C1. The number of piperidine rings is 1. The molecule has 1 aromatic rings. The van der Waals surface area contributed by atoms with E-state index in [1.54, 1.807) is 0 Å². The third kappa shape index (κ3) is 4.44. The van der Waals surface area contributed by atoms with Gasteiger partial charge in [0.2, 0.25) is 0 Å². The van der Waals surface area contributed by atoms with E-state index >= 15 is 0 Å². The van der Waals surface area contributed by atoms with Crippen molar-refractivity contribution in [3.63, 3.8) is 0 Å². The average molecular weight is 275 g/mol. The number of benzene rings is 1. The van der Waals surface area contributed by atoms with Gasteiger partial charge in [-0.3, -0.25) is 0 Å². The van der Waals surface area contributed by atoms with Gasteiger partial charge in [-0.1, -0.05) is 25.1 Å². The second kappa shape index (κ2) is 7.17. The van der Waals surface area contributed by atoms with Gasteiger partial charge < -0.3 is 15.4 Å². The standard InChI is InChI=1S/C16H25N3O/c1-13-7-6-10-19(12-13)16(17)18-11-14(2)20-15-8-4-3-5-9-15/h3-5,8-9,13-14H,6-7,10-12H2,1-2H3,(H2,17,18). The lowest BCUT2D eigenvalue weighted by Gasteiger charge is -2.31. The van der Waals surface area contributed by atoms with Gasteiger partial charge in [-0.25, -0.2) is 4.99 Å². The molecule has 0 bridgehead atoms. The van der Waals surface area contributed by atoms with Crippen molar-refractivity contribution in [1.82, 2.24) is 4.90 Å². The van der Waals surface area contributed by atoms with Crippen molar-refractivity contribution in [2.45, 2.75) is 32.8 Å². The van der Waals surface area contributed by atoms with Crippen molar-refractivity contribution in [2.24, 2.45) is 16.6 Å². The summed E-state index contributed by atoms with van der Waals surface area (Å²) >= 11 is 0. The van der Waals surface area contributed by atoms with Crippen molar-refractivity contribution in [2.75, 3.05) is 19.6 Å². The van der Waals surface area contributed by atoms with E-state index in [-0.39, 0.29) is 6.10 Å². The predicted molar refractivity (Wildman–Crippen MR) is 83.0 cm³/mol. The smallest absolute Gasteiger partial charge is 0.191 e. The summed E-state index contributed by atoms with van der Waals surface area (Å²) in [7, 11) is 0. The largest absolute Gasteiger partial charge is 0.489 e. The summed E-state index contributed by atoms with van der Waals surface area (Å²) in [5, 5.41) is 0. The molecule has 2 rings (SSSR count). The first kappa shape index (κ1) is 14.7. The lowest BCUT2D eigenvalue weighted by atomic mass is 10.0. The van der Waals surface area contributed by atoms with Gasteiger partial charge in [0.05, 0.1) is 6.54 Å². The molecule has 4 heteroatoms. The summed E-state index contributed by atoms with van der Waals surface area (Å²) in [6.45, 7) is 6.91. The normalized spacial score (nSPS) is 21.6. The minimum absolute atomic E-state index is 0.0261. The van der Waals surface area contributed by atoms with Crippen LogP contribution in [0.4, 0.5) is 0 Å². The van der Waals surface area contributed by atoms with Crippen LogP contribution in [-0.2, 0) is 0 Å². The first-order valence-electron chi connectivity index (χ1n) is 7.41. The van der Waals surface area contributed by atoms with Crippen LogP contribution in [-0.4, -0.2) is 36.6 Å². The number of aliphatic imine (C=N–C) groups is 1. The van der Waals surface area contributed by atoms with E-state index in [9.17, 15) is 0 Å². The maximum Gasteiger partial charge on any atom is 0.191 e. The van der Waals surface area contributed by atoms with Crippen LogP contribution in [0.5, 0.6) is 5.75 Å². The Kier molecular flexibility index (Phi) is 5.27. The van der Waals surface area contributed by atoms with Crippen LogP contribution < -0.4 is 10.5 Å². The van der Waals surface area contributed by atoms with Crippen molar-refractivity contribution in [3.8, 4) is 5.75 Å². The second-order valence-electron chi connectivity index (χ2n) is 5.63. The zero-order chi connectivity index (χ0) is 14.4. The van der Waals surface area contributed by atoms with Gasteiger partial charge in [0, 0.05) is 13.1 Å². The maximum absolute atomic E-state index is 6.07. The molecule has 1 aliphatic rings. The Hall–Kier alpha value is -1.71. The number of hydrogen-bond donors (Lipinski definition) is 1. The Morgan fingerprint density at radius 3 is 2.90 bits per heavy atom. The molecule has 1 aromatic carbocycles. The van der Waals surface area contributed by atoms with Crippen molar-refractivity contribution >= 4 is 5.96 Å². The Morgan fingerprint density at radius 1 is 1.45 bits per heavy atom. The molecule has 4 nitrogen and oxygen atoms in total. The zero-order valence-electron chi connectivity index (χ0n) is 12.5. The van der Waals surface area contributed by atoms with Crippen molar-refractivity contribution < 1.29 is 4.74 Å². The molecular formula is C16H25N3O. The van der Waals surface area contributed by atoms with E-state index in [1.165, 1.54) is 12.8 Å². The first-order chi connectivity index (χ1) is 9.65. The Morgan fingerprint density at radius 2 is 2.20 bits per heavy atom. The molecule has 2 unspecified atom stereocenters. The quantitative estimate of drug-likeness (QED) is 0.678. The van der Waals surface area contributed by atoms with Crippen LogP contribution in [0.25, 0.3) is 0 Å². The molecule has 0 aromatic heterocycles. The number of guanidine groups is 1. The fourth-order valence-corrected chi connectivity index (χ4v) is 2.49. The van der Waals surface area contributed by atoms with Gasteiger partial charge in [0.1, 0.15) is 11.9 Å². The Labute approximate surface area is 121 Å². The van der Waals surface area contributed by atoms with Gasteiger partial charge >= 0.3 is 0 Å². The number of nitrogens with two attached hydrogens (primary N) is 1. The second-order valence-corrected chi connectivity index (χ2v) is 5.63. The van der Waals surface area contributed by atoms with E-state index in [1.807, 2.05) is 37.3 Å². The molecule has 0 saturated carbocycles. The Balaban J connectivity index is 1.82. The van der Waals surface area contributed by atoms with Crippen LogP contribution in [0.15, 0.2) is 35.3 Å². The molecule has 0 radical (unpaired) electrons. The summed E-state index contributed by atoms with van der Waals surface area (Å²) in [6, 6.07) is 9.82. The molecule has 1 aliphatic heterocycles. The van der Waals surface area contributed by atoms with Crippen LogP contribution in [0.1, 0.15) is 26.7 Å². The van der Waals surface area contributed by atoms with Crippen LogP contribution in [0.2, 0.25) is 0 Å². The predicted octanol–water partition coefficient (Wildman–Crippen LogP) is 2.50. The summed E-state index contributed by atoms with van der Waals surface area (Å²) < 4.78 is 5.79. The lowest BCUT2D eigenvalue weighted by Crippen LogP contribution is -2.43. The highest BCUT2D eigenvalue weighted by atomic mass is 16.5. The number of hydrogen-bond acceptors (Lipinski definition) is 2. The highest BCUT2D eigenvalue weighted by Crippen LogP contribution is 2.15. The van der Waals surface area contributed by atoms with Gasteiger partial charge in [-0.05, 0) is 37.8 Å². The molecule has 1 heterocycles. The van der Waals surface area contributed by atoms with E-state index in [0.717, 1.165) is 18.8 Å². The molecule has 1 fully saturated rings. The molecule has 0 amide bonds. The molecule has 1 saturated heterocycles. The lowest BCUT2D eigenvalue weighted by molar-refractivity contribution is 0.228. The zero-order valence-corrected chi connectivity index (χ0v) is 12.5. The van der Waals surface area contributed by atoms with Gasteiger partial charge in [0.15, 0.2) is 5.96 Å². The minimum Gasteiger partial charge on any atom is -0.489 e. The topological polar surface area (TPSA) is 50.8 Å². The number of nitrogens with zero attached hydrogens (tertiary/aromatic N) is 2. The molecule has 20 heavy (non-hydrogen) atoms. The van der Waals surface area contributed by atoms with Crippen molar-refractivity contribution in [3.05, 3.63) is 30.3 Å². The van der Waals surface area contributed by atoms with Gasteiger partial charge in [-0.15, -0.1) is 0 Å². The van der Waals surface area contributed by atoms with Crippen LogP contribution >= 0.6 is 0 Å². The van der Waals surface area contributed by atoms with Crippen LogP contribution in [0, 0.1) is 5.92 Å². The minimum atomic E-state index is 0.0261. The number of para-hydroxylation sites is 1. The van der Waals surface area contributed by atoms with Gasteiger partial charge in [-0.2, -0.15) is 0 Å². The first-order valence-corrected chi connectivity index (χ1v) is 7.41. The molecular weight excluding hydrogens is 250 g/mol. The van der Waals surface area contributed by atoms with E-state index < -0.39 is 0 Å². The summed E-state index contributed by atoms with van der Waals surface area (Å²) in [5.41, 5.74) is 6.07. The number of likely N-dealkylation sites (tertiary alicyclic amines) is 1. The molecule has 110 valence electrons. The fourth-order valence-electron chi connectivity index (χ4n) is 2.49. The fraction of sp³-hybridized carbons (Fsp3) is 0.562. The summed E-state index contributed by atoms with van der Waals surface area (Å²) in [4.78, 5) is 6.66. The third-order valence-corrected chi connectivity index (χ3v) is 3.57. The average Bonchev–Trinajstić information content (AvgIpc) is 2.46. The summed E-state index contributed by atoms with van der Waals surface area (Å²) in [6.07, 6.45) is 2.52. The number of ether oxygens (including phenoxy) is 1. The summed E-state index contributed by atoms with van der Waals surface area (Å²) in [5.74, 6) is 2.23. The highest BCUT2D eigenvalue weighted by molar-refractivity contribution is 5.78. The van der Waals surface area contributed by atoms with E-state index in [2.05, 4.69) is 16.8 Å². The molecule has 2 atom stereocenters.